The summed E-state index contributed by atoms with van der Waals surface area (Å²) in [6, 6.07) is 4.07. The number of pyridine rings is 1. The van der Waals surface area contributed by atoms with Crippen molar-refractivity contribution in [2.75, 3.05) is 26.3 Å². The number of hydrogen-bond acceptors (Lipinski definition) is 4. The first-order valence-corrected chi connectivity index (χ1v) is 7.03. The van der Waals surface area contributed by atoms with Crippen LogP contribution >= 0.6 is 0 Å². The highest BCUT2D eigenvalue weighted by Crippen LogP contribution is 2.29. The molecule has 0 radical (unpaired) electrons. The van der Waals surface area contributed by atoms with E-state index in [4.69, 9.17) is 9.47 Å². The van der Waals surface area contributed by atoms with E-state index in [2.05, 4.69) is 22.4 Å². The van der Waals surface area contributed by atoms with Crippen LogP contribution in [-0.2, 0) is 4.74 Å². The van der Waals surface area contributed by atoms with Crippen molar-refractivity contribution >= 4 is 5.57 Å². The molecule has 102 valence electrons. The summed E-state index contributed by atoms with van der Waals surface area (Å²) in [5, 5.41) is 3.35. The first-order valence-electron chi connectivity index (χ1n) is 7.03. The van der Waals surface area contributed by atoms with Crippen molar-refractivity contribution < 1.29 is 9.47 Å². The van der Waals surface area contributed by atoms with E-state index < -0.39 is 0 Å². The zero-order chi connectivity index (χ0) is 12.9. The molecule has 0 spiro atoms. The van der Waals surface area contributed by atoms with Gasteiger partial charge in [-0.2, -0.15) is 0 Å². The van der Waals surface area contributed by atoms with Gasteiger partial charge < -0.3 is 14.8 Å². The van der Waals surface area contributed by atoms with Gasteiger partial charge in [0, 0.05) is 11.8 Å². The Morgan fingerprint density at radius 2 is 2.21 bits per heavy atom. The average Bonchev–Trinajstić information content (AvgIpc) is 2.50. The van der Waals surface area contributed by atoms with Gasteiger partial charge in [-0.25, -0.2) is 4.98 Å². The minimum absolute atomic E-state index is 0.287. The summed E-state index contributed by atoms with van der Waals surface area (Å²) < 4.78 is 11.5. The first kappa shape index (κ1) is 12.6. The molecule has 3 rings (SSSR count). The minimum Gasteiger partial charge on any atom is -0.474 e. The van der Waals surface area contributed by atoms with Crippen LogP contribution in [0.25, 0.3) is 5.57 Å². The maximum Gasteiger partial charge on any atom is 0.221 e. The smallest absolute Gasteiger partial charge is 0.221 e. The molecule has 3 heterocycles. The highest BCUT2D eigenvalue weighted by Gasteiger charge is 2.18. The van der Waals surface area contributed by atoms with Crippen molar-refractivity contribution in [1.29, 1.82) is 0 Å². The van der Waals surface area contributed by atoms with Crippen LogP contribution in [0, 0.1) is 0 Å². The highest BCUT2D eigenvalue weighted by atomic mass is 16.5. The van der Waals surface area contributed by atoms with Gasteiger partial charge in [-0.15, -0.1) is 0 Å². The van der Waals surface area contributed by atoms with Gasteiger partial charge in [0.05, 0.1) is 13.2 Å². The molecule has 0 unspecified atom stereocenters. The first-order chi connectivity index (χ1) is 9.43. The molecule has 0 saturated carbocycles. The zero-order valence-electron chi connectivity index (χ0n) is 11.1. The van der Waals surface area contributed by atoms with Crippen LogP contribution in [-0.4, -0.2) is 37.4 Å². The summed E-state index contributed by atoms with van der Waals surface area (Å²) in [7, 11) is 0. The second kappa shape index (κ2) is 6.17. The number of nitrogens with one attached hydrogen (secondary N) is 1. The van der Waals surface area contributed by atoms with Gasteiger partial charge in [-0.1, -0.05) is 6.08 Å². The molecule has 2 aliphatic rings. The van der Waals surface area contributed by atoms with Gasteiger partial charge in [-0.3, -0.25) is 0 Å². The summed E-state index contributed by atoms with van der Waals surface area (Å²) in [6.45, 7) is 3.54. The van der Waals surface area contributed by atoms with Crippen molar-refractivity contribution in [3.8, 4) is 5.88 Å². The van der Waals surface area contributed by atoms with Gasteiger partial charge in [-0.05, 0) is 50.1 Å². The Kier molecular flexibility index (Phi) is 4.10. The number of hydrogen-bond donors (Lipinski definition) is 1. The maximum atomic E-state index is 6.11. The molecule has 1 aromatic heterocycles. The Morgan fingerprint density at radius 3 is 3.00 bits per heavy atom. The van der Waals surface area contributed by atoms with Crippen molar-refractivity contribution in [2.45, 2.75) is 25.4 Å². The fourth-order valence-electron chi connectivity index (χ4n) is 2.57. The Bertz CT molecular complexity index is 453. The van der Waals surface area contributed by atoms with Gasteiger partial charge in [0.1, 0.15) is 6.10 Å². The lowest BCUT2D eigenvalue weighted by atomic mass is 10.0. The van der Waals surface area contributed by atoms with Gasteiger partial charge >= 0.3 is 0 Å². The third-order valence-electron chi connectivity index (χ3n) is 3.64. The molecule has 0 aliphatic carbocycles. The van der Waals surface area contributed by atoms with E-state index >= 15 is 0 Å². The van der Waals surface area contributed by atoms with Crippen molar-refractivity contribution in [1.82, 2.24) is 10.3 Å². The standard InChI is InChI=1S/C15H20N2O2/c1-2-14(12-5-10-18-11-6-12)15(17-7-1)19-13-3-8-16-9-4-13/h1-2,5,7,13,16H,3-4,6,8-11H2. The molecule has 0 atom stereocenters. The maximum absolute atomic E-state index is 6.11. The Labute approximate surface area is 113 Å². The topological polar surface area (TPSA) is 43.4 Å². The molecular formula is C15H20N2O2. The quantitative estimate of drug-likeness (QED) is 0.903. The Balaban J connectivity index is 1.78. The van der Waals surface area contributed by atoms with Gasteiger partial charge in [0.15, 0.2) is 0 Å². The lowest BCUT2D eigenvalue weighted by Gasteiger charge is -2.25. The number of piperidine rings is 1. The molecule has 4 heteroatoms. The van der Waals surface area contributed by atoms with Crippen LogP contribution in [0.5, 0.6) is 5.88 Å². The average molecular weight is 260 g/mol. The predicted molar refractivity (Wildman–Crippen MR) is 74.2 cm³/mol. The molecule has 0 aromatic carbocycles. The number of ether oxygens (including phenoxy) is 2. The molecule has 2 aliphatic heterocycles. The van der Waals surface area contributed by atoms with E-state index in [1.165, 1.54) is 5.57 Å². The van der Waals surface area contributed by atoms with Crippen LogP contribution < -0.4 is 10.1 Å². The fourth-order valence-corrected chi connectivity index (χ4v) is 2.57. The normalized spacial score (nSPS) is 20.9. The van der Waals surface area contributed by atoms with Crippen LogP contribution in [0.2, 0.25) is 0 Å². The molecular weight excluding hydrogens is 240 g/mol. The molecule has 1 fully saturated rings. The SMILES string of the molecule is C1=C(c2cccnc2OC2CCNCC2)CCOC1. The molecule has 4 nitrogen and oxygen atoms in total. The second-order valence-electron chi connectivity index (χ2n) is 4.98. The van der Waals surface area contributed by atoms with Crippen LogP contribution in [0.3, 0.4) is 0 Å². The molecule has 0 bridgehead atoms. The second-order valence-corrected chi connectivity index (χ2v) is 4.98. The largest absolute Gasteiger partial charge is 0.474 e. The van der Waals surface area contributed by atoms with Gasteiger partial charge in [0.25, 0.3) is 0 Å². The van der Waals surface area contributed by atoms with Crippen LogP contribution in [0.15, 0.2) is 24.4 Å². The van der Waals surface area contributed by atoms with E-state index in [0.717, 1.165) is 50.4 Å². The molecule has 1 saturated heterocycles. The zero-order valence-corrected chi connectivity index (χ0v) is 11.1. The summed E-state index contributed by atoms with van der Waals surface area (Å²) >= 11 is 0. The van der Waals surface area contributed by atoms with Crippen molar-refractivity contribution in [2.24, 2.45) is 0 Å². The molecule has 1 aromatic rings. The molecule has 1 N–H and O–H groups in total. The summed E-state index contributed by atoms with van der Waals surface area (Å²) in [4.78, 5) is 4.42. The number of rotatable bonds is 3. The van der Waals surface area contributed by atoms with E-state index in [9.17, 15) is 0 Å². The van der Waals surface area contributed by atoms with E-state index in [1.54, 1.807) is 6.20 Å². The molecule has 19 heavy (non-hydrogen) atoms. The molecule has 0 amide bonds. The summed E-state index contributed by atoms with van der Waals surface area (Å²) in [6.07, 6.45) is 7.27. The van der Waals surface area contributed by atoms with E-state index in [1.807, 2.05) is 6.07 Å². The third-order valence-corrected chi connectivity index (χ3v) is 3.64. The third kappa shape index (κ3) is 3.14. The monoisotopic (exact) mass is 260 g/mol. The van der Waals surface area contributed by atoms with E-state index in [-0.39, 0.29) is 6.10 Å². The summed E-state index contributed by atoms with van der Waals surface area (Å²) in [5.74, 6) is 0.780. The highest BCUT2D eigenvalue weighted by molar-refractivity contribution is 5.69. The van der Waals surface area contributed by atoms with E-state index in [0.29, 0.717) is 6.61 Å². The summed E-state index contributed by atoms with van der Waals surface area (Å²) in [5.41, 5.74) is 2.42. The Morgan fingerprint density at radius 1 is 1.32 bits per heavy atom. The fraction of sp³-hybridized carbons (Fsp3) is 0.533. The van der Waals surface area contributed by atoms with Crippen molar-refractivity contribution in [3.05, 3.63) is 30.0 Å². The minimum atomic E-state index is 0.287. The number of aromatic nitrogens is 1. The van der Waals surface area contributed by atoms with Gasteiger partial charge in [0.2, 0.25) is 5.88 Å². The Hall–Kier alpha value is -1.39. The lowest BCUT2D eigenvalue weighted by Crippen LogP contribution is -2.34. The van der Waals surface area contributed by atoms with Crippen LogP contribution in [0.4, 0.5) is 0 Å². The van der Waals surface area contributed by atoms with Crippen LogP contribution in [0.1, 0.15) is 24.8 Å². The predicted octanol–water partition coefficient (Wildman–Crippen LogP) is 2.02. The van der Waals surface area contributed by atoms with Crippen molar-refractivity contribution in [3.63, 3.8) is 0 Å². The lowest BCUT2D eigenvalue weighted by molar-refractivity contribution is 0.153. The number of nitrogens with zero attached hydrogens (tertiary/aromatic N) is 1.